The lowest BCUT2D eigenvalue weighted by molar-refractivity contribution is -0.145. The summed E-state index contributed by atoms with van der Waals surface area (Å²) in [4.78, 5) is 32.5. The minimum absolute atomic E-state index is 0.0892. The smallest absolute Gasteiger partial charge is 0.331 e. The first-order chi connectivity index (χ1) is 7.74. The molecule has 1 unspecified atom stereocenters. The second-order valence-corrected chi connectivity index (χ2v) is 4.16. The standard InChI is InChI=1S/C11H12O6/c1-11(10(16)17)4-6(3-8(12)13)2-7(5-11)9(14)15/h2,4H,3,5H2,1H3,(H,12,13)(H,14,15)(H,16,17). The van der Waals surface area contributed by atoms with E-state index in [0.29, 0.717) is 0 Å². The van der Waals surface area contributed by atoms with Crippen molar-refractivity contribution in [3.05, 3.63) is 23.3 Å². The van der Waals surface area contributed by atoms with Crippen molar-refractivity contribution in [1.82, 2.24) is 0 Å². The van der Waals surface area contributed by atoms with Crippen molar-refractivity contribution in [3.63, 3.8) is 0 Å². The summed E-state index contributed by atoms with van der Waals surface area (Å²) in [6.07, 6.45) is 1.98. The largest absolute Gasteiger partial charge is 0.481 e. The summed E-state index contributed by atoms with van der Waals surface area (Å²) in [5, 5.41) is 26.5. The summed E-state index contributed by atoms with van der Waals surface area (Å²) < 4.78 is 0. The van der Waals surface area contributed by atoms with Gasteiger partial charge in [0.25, 0.3) is 0 Å². The fraction of sp³-hybridized carbons (Fsp3) is 0.364. The van der Waals surface area contributed by atoms with E-state index in [9.17, 15) is 14.4 Å². The quantitative estimate of drug-likeness (QED) is 0.672. The van der Waals surface area contributed by atoms with E-state index in [1.807, 2.05) is 0 Å². The second-order valence-electron chi connectivity index (χ2n) is 4.16. The van der Waals surface area contributed by atoms with Gasteiger partial charge >= 0.3 is 17.9 Å². The van der Waals surface area contributed by atoms with Gasteiger partial charge in [0.2, 0.25) is 0 Å². The van der Waals surface area contributed by atoms with Crippen LogP contribution in [0.5, 0.6) is 0 Å². The normalized spacial score (nSPS) is 23.6. The third-order valence-corrected chi connectivity index (χ3v) is 2.54. The van der Waals surface area contributed by atoms with E-state index >= 15 is 0 Å². The Kier molecular flexibility index (Phi) is 3.36. The lowest BCUT2D eigenvalue weighted by Crippen LogP contribution is -2.30. The van der Waals surface area contributed by atoms with Crippen LogP contribution in [0.2, 0.25) is 0 Å². The van der Waals surface area contributed by atoms with Crippen LogP contribution >= 0.6 is 0 Å². The van der Waals surface area contributed by atoms with Crippen LogP contribution in [-0.2, 0) is 14.4 Å². The van der Waals surface area contributed by atoms with Gasteiger partial charge in [0.05, 0.1) is 11.8 Å². The maximum Gasteiger partial charge on any atom is 0.331 e. The molecule has 3 N–H and O–H groups in total. The van der Waals surface area contributed by atoms with E-state index < -0.39 is 23.3 Å². The van der Waals surface area contributed by atoms with Gasteiger partial charge in [0.1, 0.15) is 0 Å². The van der Waals surface area contributed by atoms with Crippen LogP contribution in [0.1, 0.15) is 19.8 Å². The monoisotopic (exact) mass is 240 g/mol. The molecular weight excluding hydrogens is 228 g/mol. The van der Waals surface area contributed by atoms with Crippen LogP contribution in [0.15, 0.2) is 23.3 Å². The molecule has 0 saturated heterocycles. The third-order valence-electron chi connectivity index (χ3n) is 2.54. The SMILES string of the molecule is CC1(C(=O)O)C=C(CC(=O)O)C=C(C(=O)O)C1. The zero-order valence-electron chi connectivity index (χ0n) is 9.14. The molecule has 0 heterocycles. The molecule has 0 radical (unpaired) electrons. The average Bonchev–Trinajstić information content (AvgIpc) is 2.15. The number of carboxylic acid groups (broad SMARTS) is 3. The van der Waals surface area contributed by atoms with Gasteiger partial charge < -0.3 is 15.3 Å². The van der Waals surface area contributed by atoms with Crippen LogP contribution < -0.4 is 0 Å². The molecule has 0 aromatic heterocycles. The van der Waals surface area contributed by atoms with Gasteiger partial charge in [-0.2, -0.15) is 0 Å². The Morgan fingerprint density at radius 2 is 1.88 bits per heavy atom. The molecule has 1 aliphatic rings. The molecule has 0 fully saturated rings. The Morgan fingerprint density at radius 1 is 1.29 bits per heavy atom. The molecule has 6 heteroatoms. The van der Waals surface area contributed by atoms with Gasteiger partial charge in [-0.05, 0) is 25.0 Å². The first-order valence-corrected chi connectivity index (χ1v) is 4.85. The van der Waals surface area contributed by atoms with Gasteiger partial charge in [-0.15, -0.1) is 0 Å². The van der Waals surface area contributed by atoms with Crippen molar-refractivity contribution >= 4 is 17.9 Å². The van der Waals surface area contributed by atoms with Crippen molar-refractivity contribution in [3.8, 4) is 0 Å². The molecule has 0 saturated carbocycles. The van der Waals surface area contributed by atoms with Crippen molar-refractivity contribution in [1.29, 1.82) is 0 Å². The summed E-state index contributed by atoms with van der Waals surface area (Å²) in [5.74, 6) is -3.53. The highest BCUT2D eigenvalue weighted by Crippen LogP contribution is 2.35. The van der Waals surface area contributed by atoms with E-state index in [1.54, 1.807) is 0 Å². The molecule has 17 heavy (non-hydrogen) atoms. The van der Waals surface area contributed by atoms with Gasteiger partial charge in [-0.1, -0.05) is 6.08 Å². The molecule has 1 rings (SSSR count). The maximum absolute atomic E-state index is 11.1. The zero-order chi connectivity index (χ0) is 13.2. The maximum atomic E-state index is 11.1. The van der Waals surface area contributed by atoms with E-state index in [4.69, 9.17) is 15.3 Å². The molecule has 0 aromatic rings. The number of hydrogen-bond donors (Lipinski definition) is 3. The number of aliphatic carboxylic acids is 3. The number of allylic oxidation sites excluding steroid dienone is 1. The van der Waals surface area contributed by atoms with E-state index in [1.165, 1.54) is 19.1 Å². The van der Waals surface area contributed by atoms with E-state index in [0.717, 1.165) is 0 Å². The number of hydrogen-bond acceptors (Lipinski definition) is 3. The Morgan fingerprint density at radius 3 is 2.29 bits per heavy atom. The van der Waals surface area contributed by atoms with Crippen LogP contribution in [0.25, 0.3) is 0 Å². The van der Waals surface area contributed by atoms with Crippen molar-refractivity contribution in [2.75, 3.05) is 0 Å². The molecule has 0 bridgehead atoms. The second kappa shape index (κ2) is 4.40. The molecule has 92 valence electrons. The lowest BCUT2D eigenvalue weighted by atomic mass is 9.77. The predicted octanol–water partition coefficient (Wildman–Crippen LogP) is 0.893. The molecule has 0 aromatic carbocycles. The van der Waals surface area contributed by atoms with Gasteiger partial charge in [0, 0.05) is 5.57 Å². The van der Waals surface area contributed by atoms with Gasteiger partial charge in [-0.25, -0.2) is 4.79 Å². The highest BCUT2D eigenvalue weighted by atomic mass is 16.4. The fourth-order valence-electron chi connectivity index (χ4n) is 1.72. The minimum atomic E-state index is -1.37. The van der Waals surface area contributed by atoms with Crippen LogP contribution in [0.4, 0.5) is 0 Å². The topological polar surface area (TPSA) is 112 Å². The average molecular weight is 240 g/mol. The number of carboxylic acids is 3. The zero-order valence-corrected chi connectivity index (χ0v) is 9.14. The fourth-order valence-corrected chi connectivity index (χ4v) is 1.72. The van der Waals surface area contributed by atoms with Gasteiger partial charge in [0.15, 0.2) is 0 Å². The molecule has 0 amide bonds. The molecule has 0 spiro atoms. The Hall–Kier alpha value is -2.11. The van der Waals surface area contributed by atoms with Crippen LogP contribution in [0.3, 0.4) is 0 Å². The van der Waals surface area contributed by atoms with Crippen LogP contribution in [0, 0.1) is 5.41 Å². The lowest BCUT2D eigenvalue weighted by Gasteiger charge is -2.26. The summed E-state index contributed by atoms with van der Waals surface area (Å²) >= 11 is 0. The highest BCUT2D eigenvalue weighted by molar-refractivity contribution is 5.91. The molecule has 6 nitrogen and oxygen atoms in total. The van der Waals surface area contributed by atoms with Crippen molar-refractivity contribution in [2.24, 2.45) is 5.41 Å². The molecular formula is C11H12O6. The Balaban J connectivity index is 3.15. The van der Waals surface area contributed by atoms with E-state index in [2.05, 4.69) is 0 Å². The van der Waals surface area contributed by atoms with Crippen molar-refractivity contribution < 1.29 is 29.7 Å². The highest BCUT2D eigenvalue weighted by Gasteiger charge is 2.36. The predicted molar refractivity (Wildman–Crippen MR) is 56.4 cm³/mol. The Bertz CT molecular complexity index is 445. The Labute approximate surface area is 96.9 Å². The van der Waals surface area contributed by atoms with E-state index in [-0.39, 0.29) is 24.0 Å². The first-order valence-electron chi connectivity index (χ1n) is 4.85. The number of carbonyl (C=O) groups is 3. The summed E-state index contributed by atoms with van der Waals surface area (Å²) in [6, 6.07) is 0. The van der Waals surface area contributed by atoms with Crippen LogP contribution in [-0.4, -0.2) is 33.2 Å². The minimum Gasteiger partial charge on any atom is -0.481 e. The third kappa shape index (κ3) is 2.93. The first kappa shape index (κ1) is 13.0. The summed E-state index contributed by atoms with van der Waals surface area (Å²) in [7, 11) is 0. The molecule has 0 aliphatic heterocycles. The number of rotatable bonds is 4. The summed E-state index contributed by atoms with van der Waals surface area (Å²) in [6.45, 7) is 1.37. The molecule has 1 aliphatic carbocycles. The summed E-state index contributed by atoms with van der Waals surface area (Å²) in [5.41, 5.74) is -1.26. The molecule has 1 atom stereocenters. The van der Waals surface area contributed by atoms with Gasteiger partial charge in [-0.3, -0.25) is 9.59 Å². The van der Waals surface area contributed by atoms with Crippen molar-refractivity contribution in [2.45, 2.75) is 19.8 Å².